The molecule has 0 bridgehead atoms. The van der Waals surface area contributed by atoms with Crippen molar-refractivity contribution in [2.24, 2.45) is 0 Å². The molecule has 1 heterocycles. The van der Waals surface area contributed by atoms with E-state index in [9.17, 15) is 13.2 Å². The molecule has 0 radical (unpaired) electrons. The fraction of sp³-hybridized carbons (Fsp3) is 0.286. The fourth-order valence-electron chi connectivity index (χ4n) is 1.77. The zero-order valence-electron chi connectivity index (χ0n) is 11.0. The number of aromatic nitrogens is 2. The summed E-state index contributed by atoms with van der Waals surface area (Å²) >= 11 is 1.45. The molecule has 0 saturated heterocycles. The third kappa shape index (κ3) is 3.50. The minimum Gasteiger partial charge on any atom is -0.229 e. The first-order chi connectivity index (χ1) is 9.38. The van der Waals surface area contributed by atoms with E-state index in [0.29, 0.717) is 22.0 Å². The summed E-state index contributed by atoms with van der Waals surface area (Å²) in [7, 11) is 0. The summed E-state index contributed by atoms with van der Waals surface area (Å²) in [5.74, 6) is -0.395. The van der Waals surface area contributed by atoms with Crippen LogP contribution in [-0.4, -0.2) is 9.97 Å². The van der Waals surface area contributed by atoms with Crippen LogP contribution in [0.3, 0.4) is 0 Å². The molecule has 6 heteroatoms. The highest BCUT2D eigenvalue weighted by molar-refractivity contribution is 7.98. The van der Waals surface area contributed by atoms with Gasteiger partial charge in [0.25, 0.3) is 0 Å². The van der Waals surface area contributed by atoms with Gasteiger partial charge in [-0.1, -0.05) is 30.3 Å². The molecule has 0 N–H and O–H groups in total. The third-order valence-corrected chi connectivity index (χ3v) is 4.04. The van der Waals surface area contributed by atoms with E-state index < -0.39 is 12.0 Å². The Labute approximate surface area is 119 Å². The van der Waals surface area contributed by atoms with Crippen LogP contribution in [0.1, 0.15) is 22.8 Å². The zero-order valence-corrected chi connectivity index (χ0v) is 11.8. The molecule has 0 amide bonds. The lowest BCUT2D eigenvalue weighted by Crippen LogP contribution is -2.13. The number of aryl methyl sites for hydroxylation is 2. The van der Waals surface area contributed by atoms with Gasteiger partial charge in [0.1, 0.15) is 0 Å². The number of rotatable bonds is 3. The van der Waals surface area contributed by atoms with E-state index in [-0.39, 0.29) is 0 Å². The van der Waals surface area contributed by atoms with Gasteiger partial charge in [0.05, 0.1) is 16.3 Å². The van der Waals surface area contributed by atoms with E-state index in [0.717, 1.165) is 5.56 Å². The molecule has 0 aliphatic rings. The van der Waals surface area contributed by atoms with Crippen molar-refractivity contribution in [1.82, 2.24) is 9.97 Å². The molecule has 1 aromatic heterocycles. The van der Waals surface area contributed by atoms with Crippen molar-refractivity contribution in [2.75, 3.05) is 0 Å². The molecule has 20 heavy (non-hydrogen) atoms. The van der Waals surface area contributed by atoms with Crippen LogP contribution < -0.4 is 0 Å². The van der Waals surface area contributed by atoms with Gasteiger partial charge in [-0.3, -0.25) is 0 Å². The number of hydrogen-bond acceptors (Lipinski definition) is 3. The summed E-state index contributed by atoms with van der Waals surface area (Å²) in [5.41, 5.74) is 1.84. The quantitative estimate of drug-likeness (QED) is 0.785. The second-order valence-corrected chi connectivity index (χ2v) is 5.30. The van der Waals surface area contributed by atoms with Crippen LogP contribution in [0.5, 0.6) is 0 Å². The van der Waals surface area contributed by atoms with Crippen molar-refractivity contribution >= 4 is 11.8 Å². The zero-order chi connectivity index (χ0) is 14.8. The second-order valence-electron chi connectivity index (χ2n) is 4.32. The average Bonchev–Trinajstić information content (AvgIpc) is 2.37. The minimum absolute atomic E-state index is 0.366. The number of alkyl halides is 3. The second kappa shape index (κ2) is 5.83. The lowest BCUT2D eigenvalue weighted by Gasteiger charge is -2.12. The monoisotopic (exact) mass is 298 g/mol. The van der Waals surface area contributed by atoms with Gasteiger partial charge in [-0.15, -0.1) is 11.8 Å². The molecule has 106 valence electrons. The Morgan fingerprint density at radius 3 is 2.05 bits per heavy atom. The maximum absolute atomic E-state index is 12.6. The van der Waals surface area contributed by atoms with Gasteiger partial charge in [0.2, 0.25) is 5.82 Å². The van der Waals surface area contributed by atoms with Crippen molar-refractivity contribution in [3.63, 3.8) is 0 Å². The number of nitrogens with zero attached hydrogens (tertiary/aromatic N) is 2. The Kier molecular flexibility index (Phi) is 4.32. The molecule has 0 unspecified atom stereocenters. The van der Waals surface area contributed by atoms with Crippen molar-refractivity contribution in [2.45, 2.75) is 30.7 Å². The summed E-state index contributed by atoms with van der Waals surface area (Å²) in [4.78, 5) is 7.83. The Hall–Kier alpha value is -1.56. The van der Waals surface area contributed by atoms with Crippen LogP contribution >= 0.6 is 11.8 Å². The van der Waals surface area contributed by atoms with Gasteiger partial charge >= 0.3 is 6.18 Å². The predicted octanol–water partition coefficient (Wildman–Crippen LogP) is 4.40. The first kappa shape index (κ1) is 14.8. The molecular weight excluding hydrogens is 285 g/mol. The highest BCUT2D eigenvalue weighted by Crippen LogP contribution is 2.31. The summed E-state index contributed by atoms with van der Waals surface area (Å²) in [6, 6.07) is 9.73. The molecule has 0 aliphatic heterocycles. The highest BCUT2D eigenvalue weighted by Gasteiger charge is 2.35. The first-order valence-corrected chi connectivity index (χ1v) is 6.95. The van der Waals surface area contributed by atoms with Crippen LogP contribution in [0.25, 0.3) is 0 Å². The van der Waals surface area contributed by atoms with Gasteiger partial charge in [-0.05, 0) is 19.4 Å². The number of halogens is 3. The van der Waals surface area contributed by atoms with E-state index >= 15 is 0 Å². The maximum Gasteiger partial charge on any atom is 0.451 e. The van der Waals surface area contributed by atoms with Crippen molar-refractivity contribution in [1.29, 1.82) is 0 Å². The predicted molar refractivity (Wildman–Crippen MR) is 72.5 cm³/mol. The number of thioether (sulfide) groups is 1. The summed E-state index contributed by atoms with van der Waals surface area (Å²) in [6.45, 7) is 3.16. The summed E-state index contributed by atoms with van der Waals surface area (Å²) in [6.07, 6.45) is -4.50. The van der Waals surface area contributed by atoms with Crippen molar-refractivity contribution in [3.05, 3.63) is 53.1 Å². The Morgan fingerprint density at radius 2 is 1.55 bits per heavy atom. The van der Waals surface area contributed by atoms with Crippen molar-refractivity contribution < 1.29 is 13.2 Å². The minimum atomic E-state index is -4.50. The van der Waals surface area contributed by atoms with E-state index in [1.807, 2.05) is 30.3 Å². The molecule has 0 aliphatic carbocycles. The molecule has 0 spiro atoms. The smallest absolute Gasteiger partial charge is 0.229 e. The van der Waals surface area contributed by atoms with Gasteiger partial charge in [0, 0.05) is 5.75 Å². The summed E-state index contributed by atoms with van der Waals surface area (Å²) < 4.78 is 37.8. The molecule has 2 rings (SSSR count). The largest absolute Gasteiger partial charge is 0.451 e. The van der Waals surface area contributed by atoms with Gasteiger partial charge in [0.15, 0.2) is 0 Å². The lowest BCUT2D eigenvalue weighted by atomic mass is 10.2. The maximum atomic E-state index is 12.6. The molecule has 0 fully saturated rings. The van der Waals surface area contributed by atoms with Crippen LogP contribution in [0, 0.1) is 13.8 Å². The van der Waals surface area contributed by atoms with Crippen LogP contribution in [-0.2, 0) is 11.9 Å². The van der Waals surface area contributed by atoms with E-state index in [4.69, 9.17) is 0 Å². The Balaban J connectivity index is 2.21. The van der Waals surface area contributed by atoms with E-state index in [2.05, 4.69) is 9.97 Å². The van der Waals surface area contributed by atoms with Gasteiger partial charge < -0.3 is 0 Å². The number of hydrogen-bond donors (Lipinski definition) is 0. The SMILES string of the molecule is Cc1nc(C(F)(F)F)nc(C)c1SCc1ccccc1. The van der Waals surface area contributed by atoms with Crippen LogP contribution in [0.15, 0.2) is 35.2 Å². The van der Waals surface area contributed by atoms with Gasteiger partial charge in [-0.25, -0.2) is 9.97 Å². The van der Waals surface area contributed by atoms with Gasteiger partial charge in [-0.2, -0.15) is 13.2 Å². The molecule has 2 aromatic rings. The molecule has 0 saturated carbocycles. The topological polar surface area (TPSA) is 25.8 Å². The van der Waals surface area contributed by atoms with E-state index in [1.165, 1.54) is 11.8 Å². The summed E-state index contributed by atoms with van der Waals surface area (Å²) in [5, 5.41) is 0. The molecule has 2 nitrogen and oxygen atoms in total. The fourth-order valence-corrected chi connectivity index (χ4v) is 2.78. The standard InChI is InChI=1S/C14H13F3N2S/c1-9-12(20-8-11-6-4-3-5-7-11)10(2)19-13(18-9)14(15,16)17/h3-7H,8H2,1-2H3. The van der Waals surface area contributed by atoms with E-state index in [1.54, 1.807) is 13.8 Å². The lowest BCUT2D eigenvalue weighted by molar-refractivity contribution is -0.145. The third-order valence-electron chi connectivity index (χ3n) is 2.68. The van der Waals surface area contributed by atoms with Crippen LogP contribution in [0.2, 0.25) is 0 Å². The van der Waals surface area contributed by atoms with Crippen molar-refractivity contribution in [3.8, 4) is 0 Å². The Bertz CT molecular complexity index is 574. The normalized spacial score (nSPS) is 11.7. The van der Waals surface area contributed by atoms with Crippen LogP contribution in [0.4, 0.5) is 13.2 Å². The molecule has 0 atom stereocenters. The number of benzene rings is 1. The average molecular weight is 298 g/mol. The molecule has 1 aromatic carbocycles. The Morgan fingerprint density at radius 1 is 1.00 bits per heavy atom. The highest BCUT2D eigenvalue weighted by atomic mass is 32.2. The first-order valence-electron chi connectivity index (χ1n) is 5.97. The molecular formula is C14H13F3N2S.